The van der Waals surface area contributed by atoms with Gasteiger partial charge in [-0.3, -0.25) is 5.10 Å². The van der Waals surface area contributed by atoms with Gasteiger partial charge in [-0.2, -0.15) is 5.10 Å². The predicted molar refractivity (Wildman–Crippen MR) is 95.3 cm³/mol. The molecule has 24 heavy (non-hydrogen) atoms. The van der Waals surface area contributed by atoms with Crippen molar-refractivity contribution in [2.75, 3.05) is 18.4 Å². The zero-order valence-electron chi connectivity index (χ0n) is 14.4. The lowest BCUT2D eigenvalue weighted by Crippen LogP contribution is -2.39. The van der Waals surface area contributed by atoms with Gasteiger partial charge in [-0.25, -0.2) is 13.1 Å². The summed E-state index contributed by atoms with van der Waals surface area (Å²) in [6, 6.07) is 5.60. The van der Waals surface area contributed by atoms with Crippen LogP contribution in [0.25, 0.3) is 11.5 Å². The first-order valence-electron chi connectivity index (χ1n) is 8.12. The highest BCUT2D eigenvalue weighted by molar-refractivity contribution is 7.90. The molecule has 2 aromatic rings. The molecule has 0 aliphatic carbocycles. The maximum atomic E-state index is 11.9. The van der Waals surface area contributed by atoms with Crippen LogP contribution in [-0.2, 0) is 10.0 Å². The lowest BCUT2D eigenvalue weighted by Gasteiger charge is -2.19. The van der Waals surface area contributed by atoms with E-state index in [2.05, 4.69) is 20.2 Å². The molecule has 0 atom stereocenters. The van der Waals surface area contributed by atoms with E-state index in [1.54, 1.807) is 27.0 Å². The third kappa shape index (κ3) is 5.10. The highest BCUT2D eigenvalue weighted by Gasteiger charge is 2.27. The van der Waals surface area contributed by atoms with Crippen molar-refractivity contribution < 1.29 is 12.8 Å². The standard InChI is InChI=1S/C16H26N4O3S/c1-16(2,3)24(21,22)18-10-6-4-5-9-17-15-12-13(19-20-15)14-8-7-11-23-14/h7-8,11-12,18H,4-6,9-10H2,1-3H3,(H2,17,19,20). The Kier molecular flexibility index (Phi) is 6.06. The molecular weight excluding hydrogens is 328 g/mol. The molecule has 0 amide bonds. The van der Waals surface area contributed by atoms with Gasteiger partial charge in [-0.1, -0.05) is 6.42 Å². The largest absolute Gasteiger partial charge is 0.463 e. The van der Waals surface area contributed by atoms with Gasteiger partial charge >= 0.3 is 0 Å². The van der Waals surface area contributed by atoms with Crippen LogP contribution in [0.1, 0.15) is 40.0 Å². The molecule has 0 aliphatic heterocycles. The van der Waals surface area contributed by atoms with Crippen LogP contribution in [-0.4, -0.2) is 36.5 Å². The number of hydrogen-bond donors (Lipinski definition) is 3. The molecule has 0 saturated carbocycles. The highest BCUT2D eigenvalue weighted by atomic mass is 32.2. The maximum Gasteiger partial charge on any atom is 0.216 e. The van der Waals surface area contributed by atoms with Gasteiger partial charge in [0.05, 0.1) is 11.0 Å². The fourth-order valence-corrected chi connectivity index (χ4v) is 2.88. The third-order valence-corrected chi connectivity index (χ3v) is 5.82. The highest BCUT2D eigenvalue weighted by Crippen LogP contribution is 2.19. The number of hydrogen-bond acceptors (Lipinski definition) is 5. The van der Waals surface area contributed by atoms with Gasteiger partial charge < -0.3 is 9.73 Å². The van der Waals surface area contributed by atoms with Gasteiger partial charge in [0.25, 0.3) is 0 Å². The van der Waals surface area contributed by atoms with Crippen LogP contribution in [0.15, 0.2) is 28.9 Å². The average Bonchev–Trinajstić information content (AvgIpc) is 3.16. The number of rotatable bonds is 9. The van der Waals surface area contributed by atoms with Gasteiger partial charge in [0, 0.05) is 19.2 Å². The summed E-state index contributed by atoms with van der Waals surface area (Å²) < 4.78 is 31.0. The zero-order chi connectivity index (χ0) is 17.6. The number of furan rings is 1. The SMILES string of the molecule is CC(C)(C)S(=O)(=O)NCCCCCNc1cc(-c2ccco2)[nH]n1. The van der Waals surface area contributed by atoms with E-state index in [0.717, 1.165) is 43.1 Å². The molecule has 0 saturated heterocycles. The van der Waals surface area contributed by atoms with Gasteiger partial charge in [0.15, 0.2) is 5.76 Å². The van der Waals surface area contributed by atoms with E-state index in [1.807, 2.05) is 18.2 Å². The lowest BCUT2D eigenvalue weighted by atomic mass is 10.2. The number of nitrogens with zero attached hydrogens (tertiary/aromatic N) is 1. The Hall–Kier alpha value is -1.80. The summed E-state index contributed by atoms with van der Waals surface area (Å²) in [5.41, 5.74) is 0.832. The zero-order valence-corrected chi connectivity index (χ0v) is 15.2. The molecule has 0 unspecified atom stereocenters. The molecule has 0 fully saturated rings. The first-order valence-corrected chi connectivity index (χ1v) is 9.60. The molecule has 2 rings (SSSR count). The number of unbranched alkanes of at least 4 members (excludes halogenated alkanes) is 2. The molecular formula is C16H26N4O3S. The van der Waals surface area contributed by atoms with Crippen LogP contribution in [0, 0.1) is 0 Å². The lowest BCUT2D eigenvalue weighted by molar-refractivity contribution is 0.540. The molecule has 0 aromatic carbocycles. The normalized spacial score (nSPS) is 12.5. The summed E-state index contributed by atoms with van der Waals surface area (Å²) in [5, 5.41) is 10.3. The molecule has 0 radical (unpaired) electrons. The van der Waals surface area contributed by atoms with E-state index in [9.17, 15) is 8.42 Å². The topological polar surface area (TPSA) is 100 Å². The number of anilines is 1. The van der Waals surface area contributed by atoms with Crippen molar-refractivity contribution in [1.82, 2.24) is 14.9 Å². The second kappa shape index (κ2) is 7.85. The minimum atomic E-state index is -3.24. The summed E-state index contributed by atoms with van der Waals surface area (Å²) in [6.45, 7) is 6.35. The molecule has 8 heteroatoms. The van der Waals surface area contributed by atoms with Crippen molar-refractivity contribution in [2.24, 2.45) is 0 Å². The van der Waals surface area contributed by atoms with Crippen molar-refractivity contribution in [1.29, 1.82) is 0 Å². The second-order valence-corrected chi connectivity index (χ2v) is 9.16. The number of H-pyrrole nitrogens is 1. The summed E-state index contributed by atoms with van der Waals surface area (Å²) in [7, 11) is -3.24. The Labute approximate surface area is 143 Å². The first-order chi connectivity index (χ1) is 11.3. The van der Waals surface area contributed by atoms with Crippen molar-refractivity contribution in [3.8, 4) is 11.5 Å². The van der Waals surface area contributed by atoms with E-state index in [0.29, 0.717) is 6.54 Å². The summed E-state index contributed by atoms with van der Waals surface area (Å²) in [4.78, 5) is 0. The van der Waals surface area contributed by atoms with Gasteiger partial charge in [0.2, 0.25) is 10.0 Å². The molecule has 3 N–H and O–H groups in total. The Balaban J connectivity index is 1.61. The molecule has 0 bridgehead atoms. The summed E-state index contributed by atoms with van der Waals surface area (Å²) >= 11 is 0. The summed E-state index contributed by atoms with van der Waals surface area (Å²) in [6.07, 6.45) is 4.32. The monoisotopic (exact) mass is 354 g/mol. The molecule has 134 valence electrons. The Morgan fingerprint density at radius 2 is 1.96 bits per heavy atom. The van der Waals surface area contributed by atoms with Crippen molar-refractivity contribution >= 4 is 15.8 Å². The molecule has 2 aromatic heterocycles. The van der Waals surface area contributed by atoms with Gasteiger partial charge in [-0.05, 0) is 45.7 Å². The van der Waals surface area contributed by atoms with E-state index in [1.165, 1.54) is 0 Å². The molecule has 2 heterocycles. The number of aromatic amines is 1. The fourth-order valence-electron chi connectivity index (χ4n) is 2.04. The van der Waals surface area contributed by atoms with Crippen molar-refractivity contribution in [3.05, 3.63) is 24.5 Å². The van der Waals surface area contributed by atoms with E-state index in [4.69, 9.17) is 4.42 Å². The Morgan fingerprint density at radius 3 is 2.62 bits per heavy atom. The molecule has 0 spiro atoms. The third-order valence-electron chi connectivity index (χ3n) is 3.62. The smallest absolute Gasteiger partial charge is 0.216 e. The van der Waals surface area contributed by atoms with E-state index in [-0.39, 0.29) is 0 Å². The van der Waals surface area contributed by atoms with Crippen molar-refractivity contribution in [3.63, 3.8) is 0 Å². The van der Waals surface area contributed by atoms with E-state index >= 15 is 0 Å². The molecule has 0 aliphatic rings. The van der Waals surface area contributed by atoms with Crippen LogP contribution >= 0.6 is 0 Å². The van der Waals surface area contributed by atoms with Gasteiger partial charge in [-0.15, -0.1) is 0 Å². The predicted octanol–water partition coefficient (Wildman–Crippen LogP) is 2.97. The van der Waals surface area contributed by atoms with Crippen molar-refractivity contribution in [2.45, 2.75) is 44.8 Å². The maximum absolute atomic E-state index is 11.9. The second-order valence-electron chi connectivity index (χ2n) is 6.64. The number of sulfonamides is 1. The van der Waals surface area contributed by atoms with Crippen LogP contribution in [0.5, 0.6) is 0 Å². The minimum Gasteiger partial charge on any atom is -0.463 e. The average molecular weight is 354 g/mol. The van der Waals surface area contributed by atoms with Crippen LogP contribution < -0.4 is 10.0 Å². The first kappa shape index (κ1) is 18.5. The number of aromatic nitrogens is 2. The minimum absolute atomic E-state index is 0.477. The van der Waals surface area contributed by atoms with E-state index < -0.39 is 14.8 Å². The Bertz CT molecular complexity index is 715. The fraction of sp³-hybridized carbons (Fsp3) is 0.562. The molecule has 7 nitrogen and oxygen atoms in total. The number of nitrogens with one attached hydrogen (secondary N) is 3. The van der Waals surface area contributed by atoms with Crippen LogP contribution in [0.3, 0.4) is 0 Å². The van der Waals surface area contributed by atoms with Crippen LogP contribution in [0.4, 0.5) is 5.82 Å². The van der Waals surface area contributed by atoms with Gasteiger partial charge in [0.1, 0.15) is 11.5 Å². The summed E-state index contributed by atoms with van der Waals surface area (Å²) in [5.74, 6) is 1.52. The van der Waals surface area contributed by atoms with Crippen LogP contribution in [0.2, 0.25) is 0 Å². The quantitative estimate of drug-likeness (QED) is 0.601. The Morgan fingerprint density at radius 1 is 1.21 bits per heavy atom.